The van der Waals surface area contributed by atoms with Crippen molar-refractivity contribution >= 4 is 17.5 Å². The van der Waals surface area contributed by atoms with Crippen molar-refractivity contribution in [1.82, 2.24) is 9.78 Å². The largest absolute Gasteiger partial charge is 0.368 e. The van der Waals surface area contributed by atoms with E-state index in [4.69, 9.17) is 23.1 Å². The lowest BCUT2D eigenvalue weighted by molar-refractivity contribution is -0.123. The molecule has 106 valence electrons. The topological polar surface area (TPSA) is 86.9 Å². The number of benzene rings is 1. The van der Waals surface area contributed by atoms with Crippen molar-refractivity contribution in [3.8, 4) is 0 Å². The Balaban J connectivity index is 2.23. The Morgan fingerprint density at radius 1 is 1.40 bits per heavy atom. The lowest BCUT2D eigenvalue weighted by atomic mass is 9.87. The van der Waals surface area contributed by atoms with E-state index in [0.29, 0.717) is 23.6 Å². The molecule has 0 saturated heterocycles. The maximum Gasteiger partial charge on any atom is 0.242 e. The van der Waals surface area contributed by atoms with Gasteiger partial charge in [0, 0.05) is 6.54 Å². The number of rotatable bonds is 5. The predicted octanol–water partition coefficient (Wildman–Crippen LogP) is 1.57. The standard InChI is InChI=1S/C14H17ClN4O/c1-10-12(15)9-18-19(10)8-7-14(17,13(16)20)11-5-3-2-4-6-11/h2-6,9H,7-8,17H2,1H3,(H2,16,20). The third-order valence-electron chi connectivity index (χ3n) is 3.49. The van der Waals surface area contributed by atoms with Gasteiger partial charge in [-0.15, -0.1) is 0 Å². The monoisotopic (exact) mass is 292 g/mol. The number of halogens is 1. The summed E-state index contributed by atoms with van der Waals surface area (Å²) in [7, 11) is 0. The van der Waals surface area contributed by atoms with E-state index in [2.05, 4.69) is 5.10 Å². The van der Waals surface area contributed by atoms with Crippen LogP contribution in [0.2, 0.25) is 5.02 Å². The summed E-state index contributed by atoms with van der Waals surface area (Å²) in [6, 6.07) is 9.12. The number of carbonyl (C=O) groups is 1. The summed E-state index contributed by atoms with van der Waals surface area (Å²) in [6.45, 7) is 2.33. The number of aromatic nitrogens is 2. The van der Waals surface area contributed by atoms with Crippen molar-refractivity contribution < 1.29 is 4.79 Å². The Kier molecular flexibility index (Phi) is 4.11. The molecule has 1 atom stereocenters. The number of hydrogen-bond donors (Lipinski definition) is 2. The van der Waals surface area contributed by atoms with Crippen LogP contribution < -0.4 is 11.5 Å². The third-order valence-corrected chi connectivity index (χ3v) is 3.86. The quantitative estimate of drug-likeness (QED) is 0.877. The molecule has 0 aliphatic heterocycles. The van der Waals surface area contributed by atoms with Crippen LogP contribution in [-0.2, 0) is 16.9 Å². The molecular weight excluding hydrogens is 276 g/mol. The highest BCUT2D eigenvalue weighted by atomic mass is 35.5. The zero-order valence-corrected chi connectivity index (χ0v) is 12.0. The van der Waals surface area contributed by atoms with E-state index in [1.807, 2.05) is 25.1 Å². The molecule has 6 heteroatoms. The second kappa shape index (κ2) is 5.64. The van der Waals surface area contributed by atoms with Gasteiger partial charge in [-0.25, -0.2) is 0 Å². The minimum atomic E-state index is -1.22. The molecule has 0 fully saturated rings. The van der Waals surface area contributed by atoms with E-state index in [0.717, 1.165) is 5.69 Å². The molecule has 0 aliphatic rings. The van der Waals surface area contributed by atoms with Crippen LogP contribution in [0.25, 0.3) is 0 Å². The minimum Gasteiger partial charge on any atom is -0.368 e. The van der Waals surface area contributed by atoms with Gasteiger partial charge in [-0.1, -0.05) is 41.9 Å². The third kappa shape index (κ3) is 2.69. The fraction of sp³-hybridized carbons (Fsp3) is 0.286. The highest BCUT2D eigenvalue weighted by Gasteiger charge is 2.33. The van der Waals surface area contributed by atoms with E-state index < -0.39 is 11.4 Å². The second-order valence-electron chi connectivity index (χ2n) is 4.75. The van der Waals surface area contributed by atoms with Gasteiger partial charge >= 0.3 is 0 Å². The fourth-order valence-electron chi connectivity index (χ4n) is 2.08. The van der Waals surface area contributed by atoms with Crippen LogP contribution in [0.3, 0.4) is 0 Å². The Morgan fingerprint density at radius 2 is 2.05 bits per heavy atom. The molecule has 2 rings (SSSR count). The van der Waals surface area contributed by atoms with Gasteiger partial charge in [-0.2, -0.15) is 5.10 Å². The van der Waals surface area contributed by atoms with Crippen molar-refractivity contribution in [3.05, 3.63) is 52.8 Å². The highest BCUT2D eigenvalue weighted by Crippen LogP contribution is 2.23. The first-order valence-corrected chi connectivity index (χ1v) is 6.65. The molecule has 1 aromatic heterocycles. The van der Waals surface area contributed by atoms with Crippen LogP contribution in [-0.4, -0.2) is 15.7 Å². The van der Waals surface area contributed by atoms with Crippen LogP contribution in [0.4, 0.5) is 0 Å². The summed E-state index contributed by atoms with van der Waals surface area (Å²) in [5.41, 5.74) is 12.0. The van der Waals surface area contributed by atoms with E-state index in [-0.39, 0.29) is 0 Å². The molecule has 20 heavy (non-hydrogen) atoms. The van der Waals surface area contributed by atoms with Gasteiger partial charge in [0.1, 0.15) is 5.54 Å². The summed E-state index contributed by atoms with van der Waals surface area (Å²) < 4.78 is 1.72. The number of aryl methyl sites for hydroxylation is 1. The summed E-state index contributed by atoms with van der Waals surface area (Å²) in [5, 5.41) is 4.74. The number of nitrogens with two attached hydrogens (primary N) is 2. The normalized spacial score (nSPS) is 13.9. The number of nitrogens with zero attached hydrogens (tertiary/aromatic N) is 2. The summed E-state index contributed by atoms with van der Waals surface area (Å²) >= 11 is 5.95. The first-order chi connectivity index (χ1) is 9.45. The molecule has 1 heterocycles. The molecule has 0 bridgehead atoms. The van der Waals surface area contributed by atoms with E-state index in [1.165, 1.54) is 0 Å². The van der Waals surface area contributed by atoms with E-state index in [1.54, 1.807) is 23.0 Å². The molecule has 0 radical (unpaired) electrons. The van der Waals surface area contributed by atoms with Crippen molar-refractivity contribution in [2.45, 2.75) is 25.4 Å². The maximum absolute atomic E-state index is 11.8. The Hall–Kier alpha value is -1.85. The average Bonchev–Trinajstić information content (AvgIpc) is 2.77. The van der Waals surface area contributed by atoms with E-state index in [9.17, 15) is 4.79 Å². The minimum absolute atomic E-state index is 0.352. The van der Waals surface area contributed by atoms with E-state index >= 15 is 0 Å². The molecule has 1 unspecified atom stereocenters. The SMILES string of the molecule is Cc1c(Cl)cnn1CCC(N)(C(N)=O)c1ccccc1. The van der Waals surface area contributed by atoms with Crippen molar-refractivity contribution in [1.29, 1.82) is 0 Å². The van der Waals surface area contributed by atoms with Gasteiger partial charge < -0.3 is 11.5 Å². The van der Waals surface area contributed by atoms with Crippen LogP contribution in [0.1, 0.15) is 17.7 Å². The molecule has 0 spiro atoms. The fourth-order valence-corrected chi connectivity index (χ4v) is 2.22. The first kappa shape index (κ1) is 14.6. The lowest BCUT2D eigenvalue weighted by Crippen LogP contribution is -2.49. The Labute approximate surface area is 122 Å². The lowest BCUT2D eigenvalue weighted by Gasteiger charge is -2.26. The number of primary amides is 1. The highest BCUT2D eigenvalue weighted by molar-refractivity contribution is 6.31. The number of carbonyl (C=O) groups excluding carboxylic acids is 1. The van der Waals surface area contributed by atoms with Crippen LogP contribution >= 0.6 is 11.6 Å². The summed E-state index contributed by atoms with van der Waals surface area (Å²) in [5.74, 6) is -0.556. The van der Waals surface area contributed by atoms with Crippen LogP contribution in [0.5, 0.6) is 0 Å². The smallest absolute Gasteiger partial charge is 0.242 e. The number of hydrogen-bond acceptors (Lipinski definition) is 3. The van der Waals surface area contributed by atoms with Gasteiger partial charge in [-0.3, -0.25) is 9.48 Å². The van der Waals surface area contributed by atoms with Crippen LogP contribution in [0, 0.1) is 6.92 Å². The summed E-state index contributed by atoms with van der Waals surface area (Å²) in [6.07, 6.45) is 1.92. The molecule has 0 aliphatic carbocycles. The van der Waals surface area contributed by atoms with Gasteiger partial charge in [0.15, 0.2) is 0 Å². The molecule has 1 amide bonds. The van der Waals surface area contributed by atoms with Crippen molar-refractivity contribution in [3.63, 3.8) is 0 Å². The predicted molar refractivity (Wildman–Crippen MR) is 78.1 cm³/mol. The maximum atomic E-state index is 11.8. The average molecular weight is 293 g/mol. The van der Waals surface area contributed by atoms with Crippen molar-refractivity contribution in [2.24, 2.45) is 11.5 Å². The molecule has 1 aromatic carbocycles. The zero-order valence-electron chi connectivity index (χ0n) is 11.2. The van der Waals surface area contributed by atoms with Crippen molar-refractivity contribution in [2.75, 3.05) is 0 Å². The van der Waals surface area contributed by atoms with Gasteiger partial charge in [0.25, 0.3) is 0 Å². The Bertz CT molecular complexity index is 611. The molecule has 2 aromatic rings. The van der Waals surface area contributed by atoms with Gasteiger partial charge in [-0.05, 0) is 18.9 Å². The van der Waals surface area contributed by atoms with Gasteiger partial charge in [0.2, 0.25) is 5.91 Å². The number of amides is 1. The Morgan fingerprint density at radius 3 is 2.55 bits per heavy atom. The molecule has 0 saturated carbocycles. The van der Waals surface area contributed by atoms with Gasteiger partial charge in [0.05, 0.1) is 16.9 Å². The molecular formula is C14H17ClN4O. The molecule has 5 nitrogen and oxygen atoms in total. The second-order valence-corrected chi connectivity index (χ2v) is 5.16. The zero-order chi connectivity index (χ0) is 14.8. The molecule has 4 N–H and O–H groups in total. The van der Waals surface area contributed by atoms with Crippen LogP contribution in [0.15, 0.2) is 36.5 Å². The summed E-state index contributed by atoms with van der Waals surface area (Å²) in [4.78, 5) is 11.8. The first-order valence-electron chi connectivity index (χ1n) is 6.27.